The molecule has 1 saturated heterocycles. The number of nitrogens with zero attached hydrogens (tertiary/aromatic N) is 2. The van der Waals surface area contributed by atoms with Crippen molar-refractivity contribution in [1.82, 2.24) is 9.80 Å². The molecule has 0 unspecified atom stereocenters. The Kier molecular flexibility index (Phi) is 5.27. The Labute approximate surface area is 98.1 Å². The fourth-order valence-electron chi connectivity index (χ4n) is 1.31. The molecule has 0 aromatic carbocycles. The third-order valence-corrected chi connectivity index (χ3v) is 2.06. The molecule has 86 valence electrons. The molecule has 2 N–H and O–H groups in total. The molecular weight excluding hydrogens is 266 g/mol. The van der Waals surface area contributed by atoms with E-state index in [1.54, 1.807) is 7.05 Å². The van der Waals surface area contributed by atoms with E-state index in [0.717, 1.165) is 0 Å². The molecule has 0 aromatic heterocycles. The Morgan fingerprint density at radius 3 is 2.60 bits per heavy atom. The molecule has 6 nitrogen and oxygen atoms in total. The average Bonchev–Trinajstić information content (AvgIpc) is 2.31. The lowest BCUT2D eigenvalue weighted by atomic mass is 10.3. The van der Waals surface area contributed by atoms with E-state index in [4.69, 9.17) is 10.5 Å². The van der Waals surface area contributed by atoms with Crippen LogP contribution in [-0.2, 0) is 9.59 Å². The minimum Gasteiger partial charge on any atom is -0.481 e. The van der Waals surface area contributed by atoms with E-state index < -0.39 is 5.97 Å². The summed E-state index contributed by atoms with van der Waals surface area (Å²) in [6, 6.07) is 0. The number of nitrogens with one attached hydrogen (secondary N) is 1. The summed E-state index contributed by atoms with van der Waals surface area (Å²) in [7, 11) is 1.66. The number of aliphatic carboxylic acids is 1. The normalized spacial score (nSPS) is 15.5. The second kappa shape index (κ2) is 5.69. The predicted molar refractivity (Wildman–Crippen MR) is 59.3 cm³/mol. The third-order valence-electron chi connectivity index (χ3n) is 2.06. The Balaban J connectivity index is 0.00000196. The predicted octanol–water partition coefficient (Wildman–Crippen LogP) is 0.138. The first kappa shape index (κ1) is 13.9. The van der Waals surface area contributed by atoms with Gasteiger partial charge in [-0.1, -0.05) is 0 Å². The molecule has 1 heterocycles. The lowest BCUT2D eigenvalue weighted by molar-refractivity contribution is -0.137. The Hall–Kier alpha value is -1.11. The van der Waals surface area contributed by atoms with E-state index in [-0.39, 0.29) is 41.8 Å². The van der Waals surface area contributed by atoms with E-state index in [1.165, 1.54) is 9.80 Å². The monoisotopic (exact) mass is 279 g/mol. The third kappa shape index (κ3) is 3.50. The molecule has 0 aromatic rings. The molecule has 1 amide bonds. The number of rotatable bonds is 4. The molecule has 1 fully saturated rings. The minimum atomic E-state index is -0.878. The van der Waals surface area contributed by atoms with E-state index in [0.29, 0.717) is 13.0 Å². The molecule has 0 aliphatic carbocycles. The molecule has 1 rings (SSSR count). The van der Waals surface area contributed by atoms with Crippen LogP contribution in [0.4, 0.5) is 0 Å². The highest BCUT2D eigenvalue weighted by atomic mass is 79.9. The van der Waals surface area contributed by atoms with Crippen LogP contribution in [0.15, 0.2) is 0 Å². The molecule has 15 heavy (non-hydrogen) atoms. The van der Waals surface area contributed by atoms with Crippen LogP contribution in [0.1, 0.15) is 12.8 Å². The minimum absolute atomic E-state index is 0. The van der Waals surface area contributed by atoms with Gasteiger partial charge in [-0.3, -0.25) is 19.9 Å². The number of carbonyl (C=O) groups excluding carboxylic acids is 1. The zero-order valence-electron chi connectivity index (χ0n) is 8.39. The van der Waals surface area contributed by atoms with Crippen molar-refractivity contribution in [2.45, 2.75) is 12.8 Å². The first-order valence-corrected chi connectivity index (χ1v) is 4.34. The molecule has 0 atom stereocenters. The Morgan fingerprint density at radius 2 is 2.20 bits per heavy atom. The van der Waals surface area contributed by atoms with Gasteiger partial charge in [-0.05, 0) is 6.42 Å². The van der Waals surface area contributed by atoms with Crippen LogP contribution >= 0.6 is 17.0 Å². The maximum Gasteiger partial charge on any atom is 0.303 e. The Bertz CT molecular complexity index is 282. The molecule has 1 aliphatic rings. The van der Waals surface area contributed by atoms with Crippen molar-refractivity contribution in [3.05, 3.63) is 0 Å². The fraction of sp³-hybridized carbons (Fsp3) is 0.625. The van der Waals surface area contributed by atoms with E-state index in [2.05, 4.69) is 0 Å². The number of hydrogen-bond acceptors (Lipinski definition) is 3. The van der Waals surface area contributed by atoms with Crippen molar-refractivity contribution in [2.24, 2.45) is 0 Å². The number of halogens is 1. The van der Waals surface area contributed by atoms with Gasteiger partial charge in [0.2, 0.25) is 11.9 Å². The number of carbonyl (C=O) groups is 2. The molecule has 0 spiro atoms. The zero-order chi connectivity index (χ0) is 10.7. The maximum absolute atomic E-state index is 11.3. The number of carboxylic acids is 1. The summed E-state index contributed by atoms with van der Waals surface area (Å²) in [5.41, 5.74) is 0. The van der Waals surface area contributed by atoms with Crippen LogP contribution in [0.3, 0.4) is 0 Å². The van der Waals surface area contributed by atoms with Gasteiger partial charge < -0.3 is 10.0 Å². The van der Waals surface area contributed by atoms with Crippen molar-refractivity contribution in [3.8, 4) is 0 Å². The molecule has 0 radical (unpaired) electrons. The first-order valence-electron chi connectivity index (χ1n) is 4.34. The maximum atomic E-state index is 11.3. The van der Waals surface area contributed by atoms with Crippen LogP contribution in [0.25, 0.3) is 0 Å². The van der Waals surface area contributed by atoms with Crippen LogP contribution in [0, 0.1) is 5.41 Å². The van der Waals surface area contributed by atoms with Crippen molar-refractivity contribution in [2.75, 3.05) is 20.1 Å². The van der Waals surface area contributed by atoms with E-state index in [1.807, 2.05) is 0 Å². The highest BCUT2D eigenvalue weighted by Gasteiger charge is 2.29. The molecule has 1 aliphatic heterocycles. The van der Waals surface area contributed by atoms with Crippen molar-refractivity contribution < 1.29 is 14.7 Å². The lowest BCUT2D eigenvalue weighted by Gasteiger charge is -2.15. The second-order valence-corrected chi connectivity index (χ2v) is 3.22. The van der Waals surface area contributed by atoms with E-state index >= 15 is 0 Å². The molecular formula is C8H14BrN3O3. The number of hydrogen-bond donors (Lipinski definition) is 2. The standard InChI is InChI=1S/C8H13N3O3.BrH/c1-10-5-6(12)11(8(10)9)4-2-3-7(13)14;/h9H,2-5H2,1H3,(H,13,14);1H. The van der Waals surface area contributed by atoms with Crippen molar-refractivity contribution >= 4 is 34.8 Å². The van der Waals surface area contributed by atoms with Crippen molar-refractivity contribution in [3.63, 3.8) is 0 Å². The van der Waals surface area contributed by atoms with Gasteiger partial charge in [0.1, 0.15) is 0 Å². The van der Waals surface area contributed by atoms with Gasteiger partial charge in [0.15, 0.2) is 0 Å². The number of likely N-dealkylation sites (N-methyl/N-ethyl adjacent to an activating group) is 1. The average molecular weight is 280 g/mol. The summed E-state index contributed by atoms with van der Waals surface area (Å²) >= 11 is 0. The summed E-state index contributed by atoms with van der Waals surface area (Å²) in [5, 5.41) is 15.9. The second-order valence-electron chi connectivity index (χ2n) is 3.22. The SMILES string of the molecule is Br.CN1CC(=O)N(CCCC(=O)O)C1=N. The summed E-state index contributed by atoms with van der Waals surface area (Å²) < 4.78 is 0. The van der Waals surface area contributed by atoms with Gasteiger partial charge in [-0.2, -0.15) is 0 Å². The first-order chi connectivity index (χ1) is 6.52. The smallest absolute Gasteiger partial charge is 0.303 e. The quantitative estimate of drug-likeness (QED) is 0.767. The van der Waals surface area contributed by atoms with Gasteiger partial charge in [0, 0.05) is 20.0 Å². The summed E-state index contributed by atoms with van der Waals surface area (Å²) in [4.78, 5) is 24.3. The Morgan fingerprint density at radius 1 is 1.60 bits per heavy atom. The molecule has 0 bridgehead atoms. The lowest BCUT2D eigenvalue weighted by Crippen LogP contribution is -2.33. The highest BCUT2D eigenvalue weighted by Crippen LogP contribution is 2.07. The van der Waals surface area contributed by atoms with Gasteiger partial charge in [-0.15, -0.1) is 17.0 Å². The largest absolute Gasteiger partial charge is 0.481 e. The fourth-order valence-corrected chi connectivity index (χ4v) is 1.31. The van der Waals surface area contributed by atoms with Gasteiger partial charge >= 0.3 is 5.97 Å². The van der Waals surface area contributed by atoms with Crippen molar-refractivity contribution in [1.29, 1.82) is 5.41 Å². The summed E-state index contributed by atoms with van der Waals surface area (Å²) in [6.45, 7) is 0.528. The van der Waals surface area contributed by atoms with Crippen LogP contribution < -0.4 is 0 Å². The van der Waals surface area contributed by atoms with Gasteiger partial charge in [-0.25, -0.2) is 0 Å². The molecule has 7 heteroatoms. The summed E-state index contributed by atoms with van der Waals surface area (Å²) in [5.74, 6) is -0.861. The molecule has 0 saturated carbocycles. The number of guanidine groups is 1. The highest BCUT2D eigenvalue weighted by molar-refractivity contribution is 8.93. The van der Waals surface area contributed by atoms with Gasteiger partial charge in [0.05, 0.1) is 6.54 Å². The zero-order valence-corrected chi connectivity index (χ0v) is 10.1. The van der Waals surface area contributed by atoms with E-state index in [9.17, 15) is 9.59 Å². The van der Waals surface area contributed by atoms with Crippen LogP contribution in [0.5, 0.6) is 0 Å². The van der Waals surface area contributed by atoms with Crippen LogP contribution in [0.2, 0.25) is 0 Å². The summed E-state index contributed by atoms with van der Waals surface area (Å²) in [6.07, 6.45) is 0.415. The number of carboxylic acid groups (broad SMARTS) is 1. The van der Waals surface area contributed by atoms with Crippen LogP contribution in [-0.4, -0.2) is 52.9 Å². The topological polar surface area (TPSA) is 84.7 Å². The number of amides is 1. The van der Waals surface area contributed by atoms with Gasteiger partial charge in [0.25, 0.3) is 0 Å².